The number of rotatable bonds is 20. The highest BCUT2D eigenvalue weighted by Crippen LogP contribution is 2.39. The number of aromatic nitrogens is 6. The molecular formula is C69H82Cl3F9N18O11. The van der Waals surface area contributed by atoms with E-state index in [1.807, 2.05) is 19.1 Å². The van der Waals surface area contributed by atoms with E-state index in [0.717, 1.165) is 48.2 Å². The van der Waals surface area contributed by atoms with E-state index >= 15 is 0 Å². The molecule has 11 rings (SSSR count). The van der Waals surface area contributed by atoms with Gasteiger partial charge in [0.2, 0.25) is 23.4 Å². The summed E-state index contributed by atoms with van der Waals surface area (Å²) in [6.45, 7) is 7.10. The van der Waals surface area contributed by atoms with Crippen molar-refractivity contribution < 1.29 is 93.4 Å². The van der Waals surface area contributed by atoms with Crippen LogP contribution >= 0.6 is 34.8 Å². The van der Waals surface area contributed by atoms with Crippen molar-refractivity contribution in [2.45, 2.75) is 133 Å². The number of nitrogens with two attached hydrogens (primary N) is 4. The minimum absolute atomic E-state index is 0.0104. The van der Waals surface area contributed by atoms with E-state index in [0.29, 0.717) is 63.2 Å². The Morgan fingerprint density at radius 3 is 1.62 bits per heavy atom. The van der Waals surface area contributed by atoms with Crippen LogP contribution in [0.4, 0.5) is 91.5 Å². The second-order valence-corrected chi connectivity index (χ2v) is 27.8. The summed E-state index contributed by atoms with van der Waals surface area (Å²) in [6, 6.07) is 7.38. The van der Waals surface area contributed by atoms with Crippen molar-refractivity contribution in [2.24, 2.45) is 23.5 Å². The summed E-state index contributed by atoms with van der Waals surface area (Å²) < 4.78 is 127. The van der Waals surface area contributed by atoms with E-state index in [1.165, 1.54) is 35.2 Å². The highest BCUT2D eigenvalue weighted by molar-refractivity contribution is 6.31. The molecule has 5 aliphatic heterocycles. The third-order valence-electron chi connectivity index (χ3n) is 18.9. The molecule has 5 saturated heterocycles. The first-order valence-corrected chi connectivity index (χ1v) is 35.7. The average Bonchev–Trinajstić information content (AvgIpc) is 1.13. The van der Waals surface area contributed by atoms with E-state index in [-0.39, 0.29) is 127 Å². The quantitative estimate of drug-likeness (QED) is 0.0193. The molecule has 10 atom stereocenters. The Morgan fingerprint density at radius 2 is 1.12 bits per heavy atom. The van der Waals surface area contributed by atoms with E-state index in [9.17, 15) is 83.6 Å². The van der Waals surface area contributed by atoms with Crippen LogP contribution in [-0.4, -0.2) is 192 Å². The maximum Gasteiger partial charge on any atom is 0.416 e. The number of likely N-dealkylation sites (tertiary alicyclic amines) is 1. The number of carbonyl (C=O) groups excluding carboxylic acids is 3. The van der Waals surface area contributed by atoms with Crippen LogP contribution in [0.5, 0.6) is 0 Å². The molecule has 0 radical (unpaired) electrons. The van der Waals surface area contributed by atoms with Gasteiger partial charge in [0.05, 0.1) is 47.6 Å². The molecule has 5 fully saturated rings. The number of nitrogens with zero attached hydrogens (tertiary/aromatic N) is 11. The number of esters is 1. The number of aryl methyl sites for hydroxylation is 1. The van der Waals surface area contributed by atoms with E-state index < -0.39 is 125 Å². The Hall–Kier alpha value is -9.76. The van der Waals surface area contributed by atoms with Gasteiger partial charge in [-0.1, -0.05) is 34.8 Å². The molecule has 5 aliphatic rings. The molecule has 110 heavy (non-hydrogen) atoms. The van der Waals surface area contributed by atoms with Crippen molar-refractivity contribution in [3.05, 3.63) is 123 Å². The summed E-state index contributed by atoms with van der Waals surface area (Å²) in [6.07, 6.45) is -3.17. The number of piperidine rings is 4. The van der Waals surface area contributed by atoms with Crippen molar-refractivity contribution in [3.8, 4) is 0 Å². The minimum atomic E-state index is -4.62. The molecule has 3 aromatic heterocycles. The summed E-state index contributed by atoms with van der Waals surface area (Å²) in [5, 5.41) is 47.6. The standard InChI is InChI=1S/C23H27ClF4N6O3.C22H23ClF4N6O3.C14H18ClNO3.C10H14FN5O2/c1-12(35)17(33-15-8-13(23(26,27)28)7-14(24)9-15)3-2-5-30-18-10-34(6-4-16(18)22(36)37)21-19(25)20(29)31-11-32-21;23-12-6-11(22(25,26)27)7-13(8-12)31-15-2-1-4-33(20(15)34)16-9-32(5-3-14(16)21(35)36)19-17(24)18(28)29-10-30-19;1-3-19-14(18)12-4-5-13(17)16(12)11-7-9(2)6-10(15)8-11;11-7-8(13)14-4-15-9(7)16-2-1-5(10(17)18)6(12)3-16/h7-9,11,16-18,30,33H,2-6,10H2,1H3,(H,36,37)(H2,29,31,32);6-8,10,14-16,31H,1-5,9H2,(H,35,36)(H2,28,29,30);6-8,12-13,17H,3-5H2,1-2H3;4-6H,1-3,12H2,(H,17,18)(H2,13,14,15)/t16?,17-,18+;14?,15-,16+;12-,13?;5?,6-/m1110/s1. The van der Waals surface area contributed by atoms with Crippen molar-refractivity contribution in [3.63, 3.8) is 0 Å². The maximum absolute atomic E-state index is 14.6. The van der Waals surface area contributed by atoms with Gasteiger partial charge in [0.1, 0.15) is 37.3 Å². The highest BCUT2D eigenvalue weighted by atomic mass is 35.5. The van der Waals surface area contributed by atoms with Crippen molar-refractivity contribution in [1.29, 1.82) is 0 Å². The zero-order chi connectivity index (χ0) is 80.8. The van der Waals surface area contributed by atoms with Crippen molar-refractivity contribution in [2.75, 3.05) is 106 Å². The van der Waals surface area contributed by atoms with Gasteiger partial charge in [0.25, 0.3) is 0 Å². The molecule has 598 valence electrons. The molecule has 4 unspecified atom stereocenters. The number of aliphatic hydroxyl groups excluding tert-OH is 1. The second-order valence-electron chi connectivity index (χ2n) is 26.5. The van der Waals surface area contributed by atoms with E-state index in [4.69, 9.17) is 67.6 Å². The van der Waals surface area contributed by atoms with Crippen LogP contribution in [0.25, 0.3) is 0 Å². The summed E-state index contributed by atoms with van der Waals surface area (Å²) in [5.41, 5.74) is 22.1. The molecule has 0 spiro atoms. The number of anilines is 9. The zero-order valence-corrected chi connectivity index (χ0v) is 61.6. The van der Waals surface area contributed by atoms with Crippen LogP contribution in [0.3, 0.4) is 0 Å². The van der Waals surface area contributed by atoms with Crippen LogP contribution < -0.4 is 58.5 Å². The fourth-order valence-electron chi connectivity index (χ4n) is 13.5. The van der Waals surface area contributed by atoms with Crippen LogP contribution in [0.1, 0.15) is 88.3 Å². The molecule has 0 aliphatic carbocycles. The number of ketones is 1. The van der Waals surface area contributed by atoms with Crippen LogP contribution in [0, 0.1) is 42.1 Å². The number of alkyl halides is 6. The van der Waals surface area contributed by atoms with Gasteiger partial charge in [-0.2, -0.15) is 39.5 Å². The molecule has 0 saturated carbocycles. The number of hydrogen-bond donors (Lipinski definition) is 11. The molecule has 1 amide bonds. The van der Waals surface area contributed by atoms with Gasteiger partial charge in [0.15, 0.2) is 40.7 Å². The first kappa shape index (κ1) is 85.8. The Bertz CT molecular complexity index is 4250. The largest absolute Gasteiger partial charge is 0.481 e. The number of carboxylic acids is 3. The topological polar surface area (TPSA) is 426 Å². The molecule has 15 N–H and O–H groups in total. The smallest absolute Gasteiger partial charge is 0.416 e. The first-order chi connectivity index (χ1) is 51.8. The highest BCUT2D eigenvalue weighted by Gasteiger charge is 2.45. The Labute approximate surface area is 639 Å². The van der Waals surface area contributed by atoms with E-state index in [2.05, 4.69) is 45.9 Å². The fraction of sp³-hybridized carbons (Fsp3) is 0.478. The number of ether oxygens (including phenoxy) is 1. The number of halogens is 12. The van der Waals surface area contributed by atoms with Gasteiger partial charge in [-0.15, -0.1) is 0 Å². The normalized spacial score (nSPS) is 21.7. The lowest BCUT2D eigenvalue weighted by Gasteiger charge is -2.45. The van der Waals surface area contributed by atoms with Gasteiger partial charge >= 0.3 is 36.2 Å². The predicted molar refractivity (Wildman–Crippen MR) is 390 cm³/mol. The molecular weight excluding hydrogens is 1530 g/mol. The van der Waals surface area contributed by atoms with E-state index in [1.54, 1.807) is 27.7 Å². The molecule has 3 aromatic carbocycles. The Morgan fingerprint density at radius 1 is 0.627 bits per heavy atom. The lowest BCUT2D eigenvalue weighted by molar-refractivity contribution is -0.149. The molecule has 41 heteroatoms. The number of carboxylic acid groups (broad SMARTS) is 3. The van der Waals surface area contributed by atoms with Gasteiger partial charge < -0.3 is 88.5 Å². The number of benzene rings is 3. The number of aliphatic carboxylic acids is 3. The number of amides is 1. The molecule has 29 nitrogen and oxygen atoms in total. The maximum atomic E-state index is 14.6. The zero-order valence-electron chi connectivity index (χ0n) is 59.3. The number of nitrogens with one attached hydrogen (secondary N) is 3. The van der Waals surface area contributed by atoms with Crippen LogP contribution in [-0.2, 0) is 45.9 Å². The summed E-state index contributed by atoms with van der Waals surface area (Å²) in [7, 11) is 0. The van der Waals surface area contributed by atoms with Crippen LogP contribution in [0.15, 0.2) is 73.6 Å². The predicted octanol–water partition coefficient (Wildman–Crippen LogP) is 8.78. The number of aliphatic hydroxyl groups is 1. The number of nitrogen functional groups attached to an aromatic ring is 3. The summed E-state index contributed by atoms with van der Waals surface area (Å²) in [5.74, 6) is -9.54. The van der Waals surface area contributed by atoms with Crippen LogP contribution in [0.2, 0.25) is 15.1 Å². The van der Waals surface area contributed by atoms with Gasteiger partial charge in [-0.05, 0) is 145 Å². The summed E-state index contributed by atoms with van der Waals surface area (Å²) in [4.78, 5) is 102. The Kier molecular flexibility index (Phi) is 29.5. The second kappa shape index (κ2) is 37.8. The average molecular weight is 1620 g/mol. The monoisotopic (exact) mass is 1610 g/mol. The minimum Gasteiger partial charge on any atom is -0.481 e. The Balaban J connectivity index is 0.000000193. The number of carbonyl (C=O) groups is 6. The SMILES string of the molecule is CC(=O)[C@@H](CCCN[C@H]1CN(c2ncnc(N)c2F)CCC1C(=O)O)Nc1cc(Cl)cc(C(F)(F)F)c1.CCOC(=O)[C@H]1CCC(O)N1c1cc(C)cc(Cl)c1.Nc1ncnc(N2CCC(C(=O)O)[C@@H](N)C2)c1F.Nc1ncnc(N2CCC(C(=O)O)[C@@H](N3CCC[C@@H](Nc4cc(Cl)cc(C(F)(F)F)c4)C3=O)C2)c1F. The van der Waals surface area contributed by atoms with Crippen molar-refractivity contribution >= 4 is 122 Å². The van der Waals surface area contributed by atoms with Gasteiger partial charge in [0, 0.05) is 90.0 Å². The van der Waals surface area contributed by atoms with Gasteiger partial charge in [-0.3, -0.25) is 24.0 Å². The lowest BCUT2D eigenvalue weighted by Crippen LogP contribution is -2.61. The van der Waals surface area contributed by atoms with Gasteiger partial charge in [-0.25, -0.2) is 34.7 Å². The molecule has 6 aromatic rings. The lowest BCUT2D eigenvalue weighted by atomic mass is 9.88. The number of hydrogen-bond acceptors (Lipinski definition) is 25. The molecule has 0 bridgehead atoms. The third-order valence-corrected chi connectivity index (χ3v) is 19.6. The first-order valence-electron chi connectivity index (χ1n) is 34.5. The third kappa shape index (κ3) is 22.3. The fourth-order valence-corrected chi connectivity index (χ4v) is 14.3. The van der Waals surface area contributed by atoms with Crippen molar-refractivity contribution in [1.82, 2.24) is 40.1 Å². The summed E-state index contributed by atoms with van der Waals surface area (Å²) >= 11 is 17.7. The molecule has 8 heterocycles. The number of Topliss-reactive ketones (excluding diaryl/α,β-unsaturated/α-hetero) is 1.